The molecule has 0 unspecified atom stereocenters. The first kappa shape index (κ1) is 14.6. The minimum absolute atomic E-state index is 0.373. The molecule has 1 aromatic carbocycles. The van der Waals surface area contributed by atoms with Crippen molar-refractivity contribution in [3.63, 3.8) is 0 Å². The monoisotopic (exact) mass is 273 g/mol. The van der Waals surface area contributed by atoms with Gasteiger partial charge in [0.15, 0.2) is 0 Å². The number of aromatic nitrogens is 1. The van der Waals surface area contributed by atoms with Gasteiger partial charge in [-0.1, -0.05) is 13.3 Å². The van der Waals surface area contributed by atoms with E-state index in [1.807, 2.05) is 13.0 Å². The van der Waals surface area contributed by atoms with E-state index >= 15 is 0 Å². The lowest BCUT2D eigenvalue weighted by molar-refractivity contribution is 0.0697. The lowest BCUT2D eigenvalue weighted by Crippen LogP contribution is -2.04. The number of hydrogen-bond donors (Lipinski definition) is 1. The first-order valence-electron chi connectivity index (χ1n) is 7.25. The van der Waals surface area contributed by atoms with Crippen molar-refractivity contribution in [1.82, 2.24) is 4.57 Å². The summed E-state index contributed by atoms with van der Waals surface area (Å²) >= 11 is 0. The van der Waals surface area contributed by atoms with Crippen LogP contribution in [0.15, 0.2) is 12.1 Å². The maximum absolute atomic E-state index is 11.3. The summed E-state index contributed by atoms with van der Waals surface area (Å²) in [6.45, 7) is 10.7. The van der Waals surface area contributed by atoms with E-state index in [1.54, 1.807) is 6.07 Å². The Kier molecular flexibility index (Phi) is 3.89. The van der Waals surface area contributed by atoms with Gasteiger partial charge in [-0.25, -0.2) is 4.79 Å². The third-order valence-corrected chi connectivity index (χ3v) is 3.93. The molecule has 0 aliphatic carbocycles. The number of nitrogens with zero attached hydrogens (tertiary/aromatic N) is 1. The third-order valence-electron chi connectivity index (χ3n) is 3.93. The molecule has 20 heavy (non-hydrogen) atoms. The molecule has 0 aliphatic heterocycles. The zero-order chi connectivity index (χ0) is 15.0. The SMILES string of the molecule is CCCc1c(C)n(C(C)C)c2c(C)cc(C(=O)O)cc12. The first-order chi connectivity index (χ1) is 9.38. The van der Waals surface area contributed by atoms with Crippen LogP contribution >= 0.6 is 0 Å². The van der Waals surface area contributed by atoms with Crippen molar-refractivity contribution in [2.24, 2.45) is 0 Å². The maximum atomic E-state index is 11.3. The summed E-state index contributed by atoms with van der Waals surface area (Å²) in [6, 6.07) is 3.98. The molecule has 108 valence electrons. The summed E-state index contributed by atoms with van der Waals surface area (Å²) in [5, 5.41) is 10.4. The summed E-state index contributed by atoms with van der Waals surface area (Å²) in [7, 11) is 0. The molecule has 0 amide bonds. The molecule has 0 saturated heterocycles. The fourth-order valence-electron chi connectivity index (χ4n) is 3.17. The second kappa shape index (κ2) is 5.31. The fraction of sp³-hybridized carbons (Fsp3) is 0.471. The molecule has 0 bridgehead atoms. The zero-order valence-corrected chi connectivity index (χ0v) is 12.9. The van der Waals surface area contributed by atoms with Crippen LogP contribution in [-0.4, -0.2) is 15.6 Å². The molecule has 0 saturated carbocycles. The first-order valence-corrected chi connectivity index (χ1v) is 7.25. The van der Waals surface area contributed by atoms with E-state index in [-0.39, 0.29) is 0 Å². The average molecular weight is 273 g/mol. The molecule has 1 aromatic heterocycles. The fourth-order valence-corrected chi connectivity index (χ4v) is 3.17. The molecule has 3 heteroatoms. The quantitative estimate of drug-likeness (QED) is 0.891. The van der Waals surface area contributed by atoms with E-state index in [0.717, 1.165) is 23.8 Å². The highest BCUT2D eigenvalue weighted by atomic mass is 16.4. The van der Waals surface area contributed by atoms with Crippen LogP contribution < -0.4 is 0 Å². The van der Waals surface area contributed by atoms with Gasteiger partial charge in [-0.2, -0.15) is 0 Å². The number of carbonyl (C=O) groups is 1. The average Bonchev–Trinajstić information content (AvgIpc) is 2.64. The Morgan fingerprint density at radius 3 is 2.45 bits per heavy atom. The molecule has 0 atom stereocenters. The molecule has 1 N–H and O–H groups in total. The summed E-state index contributed by atoms with van der Waals surface area (Å²) in [4.78, 5) is 11.3. The Bertz CT molecular complexity index is 665. The highest BCUT2D eigenvalue weighted by Gasteiger charge is 2.19. The van der Waals surface area contributed by atoms with E-state index in [4.69, 9.17) is 0 Å². The maximum Gasteiger partial charge on any atom is 0.335 e. The Hall–Kier alpha value is -1.77. The minimum atomic E-state index is -0.854. The number of benzene rings is 1. The summed E-state index contributed by atoms with van der Waals surface area (Å²) in [5.41, 5.74) is 5.17. The van der Waals surface area contributed by atoms with E-state index in [9.17, 15) is 9.90 Å². The van der Waals surface area contributed by atoms with Gasteiger partial charge in [0.25, 0.3) is 0 Å². The summed E-state index contributed by atoms with van der Waals surface area (Å²) < 4.78 is 2.33. The molecule has 1 heterocycles. The van der Waals surface area contributed by atoms with Crippen LogP contribution in [0.4, 0.5) is 0 Å². The van der Waals surface area contributed by atoms with Crippen molar-refractivity contribution in [1.29, 1.82) is 0 Å². The third kappa shape index (κ3) is 2.21. The standard InChI is InChI=1S/C17H23NO2/c1-6-7-14-12(5)18(10(2)3)16-11(4)8-13(17(19)20)9-15(14)16/h8-10H,6-7H2,1-5H3,(H,19,20). The van der Waals surface area contributed by atoms with Crippen LogP contribution in [-0.2, 0) is 6.42 Å². The summed E-state index contributed by atoms with van der Waals surface area (Å²) in [5.74, 6) is -0.854. The van der Waals surface area contributed by atoms with Crippen LogP contribution in [0.1, 0.15) is 60.4 Å². The van der Waals surface area contributed by atoms with E-state index < -0.39 is 5.97 Å². The highest BCUT2D eigenvalue weighted by Crippen LogP contribution is 2.33. The summed E-state index contributed by atoms with van der Waals surface area (Å²) in [6.07, 6.45) is 2.05. The van der Waals surface area contributed by atoms with Gasteiger partial charge in [0, 0.05) is 17.1 Å². The van der Waals surface area contributed by atoms with Crippen LogP contribution in [0.25, 0.3) is 10.9 Å². The van der Waals surface area contributed by atoms with Crippen molar-refractivity contribution in [2.45, 2.75) is 53.5 Å². The van der Waals surface area contributed by atoms with Crippen LogP contribution in [0, 0.1) is 13.8 Å². The number of hydrogen-bond acceptors (Lipinski definition) is 1. The number of aryl methyl sites for hydroxylation is 2. The number of rotatable bonds is 4. The second-order valence-electron chi connectivity index (χ2n) is 5.77. The smallest absolute Gasteiger partial charge is 0.335 e. The highest BCUT2D eigenvalue weighted by molar-refractivity contribution is 5.97. The van der Waals surface area contributed by atoms with Crippen LogP contribution in [0.5, 0.6) is 0 Å². The van der Waals surface area contributed by atoms with Gasteiger partial charge in [0.05, 0.1) is 11.1 Å². The second-order valence-corrected chi connectivity index (χ2v) is 5.77. The molecule has 0 aliphatic rings. The van der Waals surface area contributed by atoms with E-state index in [2.05, 4.69) is 32.3 Å². The van der Waals surface area contributed by atoms with Crippen LogP contribution in [0.3, 0.4) is 0 Å². The van der Waals surface area contributed by atoms with Crippen molar-refractivity contribution in [2.75, 3.05) is 0 Å². The minimum Gasteiger partial charge on any atom is -0.478 e. The molecule has 0 fully saturated rings. The predicted molar refractivity (Wildman–Crippen MR) is 82.8 cm³/mol. The van der Waals surface area contributed by atoms with Crippen molar-refractivity contribution >= 4 is 16.9 Å². The Labute approximate surface area is 120 Å². The van der Waals surface area contributed by atoms with Crippen molar-refractivity contribution < 1.29 is 9.90 Å². The normalized spacial score (nSPS) is 11.5. The Balaban J connectivity index is 2.89. The van der Waals surface area contributed by atoms with Gasteiger partial charge in [0.1, 0.15) is 0 Å². The van der Waals surface area contributed by atoms with Gasteiger partial charge in [0.2, 0.25) is 0 Å². The van der Waals surface area contributed by atoms with Crippen molar-refractivity contribution in [3.8, 4) is 0 Å². The molecular formula is C17H23NO2. The van der Waals surface area contributed by atoms with Gasteiger partial charge >= 0.3 is 5.97 Å². The number of fused-ring (bicyclic) bond motifs is 1. The molecule has 2 aromatic rings. The molecule has 0 spiro atoms. The molecule has 3 nitrogen and oxygen atoms in total. The number of carboxylic acids is 1. The van der Waals surface area contributed by atoms with Gasteiger partial charge in [-0.05, 0) is 57.4 Å². The Morgan fingerprint density at radius 1 is 1.30 bits per heavy atom. The molecule has 0 radical (unpaired) electrons. The zero-order valence-electron chi connectivity index (χ0n) is 12.9. The lowest BCUT2D eigenvalue weighted by atomic mass is 10.0. The topological polar surface area (TPSA) is 42.2 Å². The molecular weight excluding hydrogens is 250 g/mol. The van der Waals surface area contributed by atoms with Crippen LogP contribution in [0.2, 0.25) is 0 Å². The van der Waals surface area contributed by atoms with Gasteiger partial charge in [-0.15, -0.1) is 0 Å². The van der Waals surface area contributed by atoms with E-state index in [1.165, 1.54) is 16.8 Å². The predicted octanol–water partition coefficient (Wildman–Crippen LogP) is 4.49. The van der Waals surface area contributed by atoms with Crippen molar-refractivity contribution in [3.05, 3.63) is 34.5 Å². The molecule has 2 rings (SSSR count). The van der Waals surface area contributed by atoms with E-state index in [0.29, 0.717) is 11.6 Å². The Morgan fingerprint density at radius 2 is 1.95 bits per heavy atom. The lowest BCUT2D eigenvalue weighted by Gasteiger charge is -2.14. The number of carboxylic acid groups (broad SMARTS) is 1. The van der Waals surface area contributed by atoms with Gasteiger partial charge < -0.3 is 9.67 Å². The van der Waals surface area contributed by atoms with Gasteiger partial charge in [-0.3, -0.25) is 0 Å². The number of aromatic carboxylic acids is 1. The largest absolute Gasteiger partial charge is 0.478 e.